The molecule has 1 unspecified atom stereocenters. The first-order valence-electron chi connectivity index (χ1n) is 12.5. The second-order valence-corrected chi connectivity index (χ2v) is 8.30. The van der Waals surface area contributed by atoms with E-state index in [1.807, 2.05) is 19.1 Å². The first-order valence-corrected chi connectivity index (χ1v) is 12.5. The summed E-state index contributed by atoms with van der Waals surface area (Å²) in [5.41, 5.74) is 2.28. The minimum Gasteiger partial charge on any atom is -0.382 e. The maximum Gasteiger partial charge on any atom is 0.255 e. The number of hydrogen-bond donors (Lipinski definition) is 2. The number of fused-ring (bicyclic) bond motifs is 1. The quantitative estimate of drug-likeness (QED) is 0.221. The molecule has 0 bridgehead atoms. The lowest BCUT2D eigenvalue weighted by Crippen LogP contribution is -2.52. The van der Waals surface area contributed by atoms with Crippen molar-refractivity contribution in [1.82, 2.24) is 10.2 Å². The van der Waals surface area contributed by atoms with Crippen LogP contribution in [0.2, 0.25) is 0 Å². The number of rotatable bonds is 18. The molecule has 0 aliphatic carbocycles. The van der Waals surface area contributed by atoms with Crippen LogP contribution in [0, 0.1) is 0 Å². The lowest BCUT2D eigenvalue weighted by Gasteiger charge is -2.29. The molecule has 11 heteroatoms. The van der Waals surface area contributed by atoms with E-state index in [2.05, 4.69) is 10.6 Å². The van der Waals surface area contributed by atoms with Crippen molar-refractivity contribution < 1.29 is 38.1 Å². The van der Waals surface area contributed by atoms with E-state index >= 15 is 0 Å². The standard InChI is InChI=1S/C25H37N3O8/c1-2-32-10-11-34-14-15-36-17-16-35-13-12-33-9-8-26-21-5-3-4-19-20(21)18-28(25(19)31)22-6-7-23(29)27-24(22)30/h3-5,22,26H,2,6-18H2,1H3,(H,27,29,30). The van der Waals surface area contributed by atoms with E-state index < -0.39 is 11.9 Å². The van der Waals surface area contributed by atoms with Crippen LogP contribution in [0.5, 0.6) is 0 Å². The van der Waals surface area contributed by atoms with Crippen molar-refractivity contribution in [3.8, 4) is 0 Å². The van der Waals surface area contributed by atoms with Gasteiger partial charge in [0.2, 0.25) is 11.8 Å². The van der Waals surface area contributed by atoms with Gasteiger partial charge in [0.25, 0.3) is 5.91 Å². The molecule has 3 rings (SSSR count). The number of imide groups is 1. The van der Waals surface area contributed by atoms with E-state index in [-0.39, 0.29) is 18.2 Å². The smallest absolute Gasteiger partial charge is 0.255 e. The molecule has 2 heterocycles. The molecule has 1 saturated heterocycles. The Morgan fingerprint density at radius 3 is 2.11 bits per heavy atom. The van der Waals surface area contributed by atoms with E-state index in [4.69, 9.17) is 23.7 Å². The zero-order valence-electron chi connectivity index (χ0n) is 20.9. The summed E-state index contributed by atoms with van der Waals surface area (Å²) < 4.78 is 27.1. The van der Waals surface area contributed by atoms with Gasteiger partial charge in [0.15, 0.2) is 0 Å². The van der Waals surface area contributed by atoms with Gasteiger partial charge in [-0.1, -0.05) is 6.07 Å². The van der Waals surface area contributed by atoms with E-state index in [0.717, 1.165) is 11.3 Å². The Labute approximate surface area is 211 Å². The third kappa shape index (κ3) is 8.52. The Kier molecular flexibility index (Phi) is 12.1. The summed E-state index contributed by atoms with van der Waals surface area (Å²) in [6.45, 7) is 8.21. The van der Waals surface area contributed by atoms with Crippen molar-refractivity contribution >= 4 is 23.4 Å². The summed E-state index contributed by atoms with van der Waals surface area (Å²) in [6.07, 6.45) is 0.582. The summed E-state index contributed by atoms with van der Waals surface area (Å²) in [5, 5.41) is 5.64. The van der Waals surface area contributed by atoms with Gasteiger partial charge in [-0.05, 0) is 25.5 Å². The van der Waals surface area contributed by atoms with Gasteiger partial charge >= 0.3 is 0 Å². The highest BCUT2D eigenvalue weighted by atomic mass is 16.6. The molecule has 1 aromatic rings. The number of carbonyl (C=O) groups excluding carboxylic acids is 3. The lowest BCUT2D eigenvalue weighted by molar-refractivity contribution is -0.136. The molecule has 3 amide bonds. The number of ether oxygens (including phenoxy) is 5. The molecule has 1 aromatic carbocycles. The molecule has 2 aliphatic heterocycles. The Morgan fingerprint density at radius 2 is 1.50 bits per heavy atom. The fourth-order valence-corrected chi connectivity index (χ4v) is 4.03. The van der Waals surface area contributed by atoms with Crippen LogP contribution >= 0.6 is 0 Å². The van der Waals surface area contributed by atoms with E-state index in [1.165, 1.54) is 0 Å². The Morgan fingerprint density at radius 1 is 0.889 bits per heavy atom. The third-order valence-electron chi connectivity index (χ3n) is 5.84. The van der Waals surface area contributed by atoms with Crippen LogP contribution in [0.25, 0.3) is 0 Å². The van der Waals surface area contributed by atoms with E-state index in [1.54, 1.807) is 11.0 Å². The summed E-state index contributed by atoms with van der Waals surface area (Å²) >= 11 is 0. The first kappa shape index (κ1) is 28.0. The number of nitrogens with zero attached hydrogens (tertiary/aromatic N) is 1. The van der Waals surface area contributed by atoms with Gasteiger partial charge in [-0.2, -0.15) is 0 Å². The molecule has 1 atom stereocenters. The number of carbonyl (C=O) groups is 3. The van der Waals surface area contributed by atoms with Gasteiger partial charge in [-0.15, -0.1) is 0 Å². The lowest BCUT2D eigenvalue weighted by atomic mass is 10.0. The zero-order chi connectivity index (χ0) is 25.6. The molecule has 36 heavy (non-hydrogen) atoms. The van der Waals surface area contributed by atoms with Crippen LogP contribution in [0.4, 0.5) is 5.69 Å². The topological polar surface area (TPSA) is 125 Å². The van der Waals surface area contributed by atoms with Crippen molar-refractivity contribution in [3.63, 3.8) is 0 Å². The van der Waals surface area contributed by atoms with Crippen molar-refractivity contribution in [2.45, 2.75) is 32.4 Å². The van der Waals surface area contributed by atoms with E-state index in [0.29, 0.717) is 91.1 Å². The minimum atomic E-state index is -0.622. The number of amides is 3. The normalized spacial score (nSPS) is 17.4. The molecule has 0 saturated carbocycles. The second kappa shape index (κ2) is 15.5. The van der Waals surface area contributed by atoms with Crippen molar-refractivity contribution in [1.29, 1.82) is 0 Å². The monoisotopic (exact) mass is 507 g/mol. The number of anilines is 1. The molecule has 2 N–H and O–H groups in total. The molecule has 0 aromatic heterocycles. The van der Waals surface area contributed by atoms with E-state index in [9.17, 15) is 14.4 Å². The van der Waals surface area contributed by atoms with Crippen molar-refractivity contribution in [2.75, 3.05) is 77.9 Å². The SMILES string of the molecule is CCOCCOCCOCCOCCOCCNc1cccc2c1CN(C1CCC(=O)NC1=O)C2=O. The van der Waals surface area contributed by atoms with Crippen molar-refractivity contribution in [3.05, 3.63) is 29.3 Å². The van der Waals surface area contributed by atoms with Gasteiger partial charge in [-0.3, -0.25) is 19.7 Å². The van der Waals surface area contributed by atoms with Gasteiger partial charge in [0.1, 0.15) is 6.04 Å². The molecule has 0 spiro atoms. The van der Waals surface area contributed by atoms with Gasteiger partial charge in [-0.25, -0.2) is 0 Å². The fraction of sp³-hybridized carbons (Fsp3) is 0.640. The van der Waals surface area contributed by atoms with Crippen LogP contribution in [0.1, 0.15) is 35.7 Å². The molecular weight excluding hydrogens is 470 g/mol. The highest BCUT2D eigenvalue weighted by Crippen LogP contribution is 2.32. The second-order valence-electron chi connectivity index (χ2n) is 8.30. The minimum absolute atomic E-state index is 0.186. The predicted octanol–water partition coefficient (Wildman–Crippen LogP) is 0.962. The summed E-state index contributed by atoms with van der Waals surface area (Å²) in [5.74, 6) is -0.891. The molecule has 1 fully saturated rings. The third-order valence-corrected chi connectivity index (χ3v) is 5.84. The summed E-state index contributed by atoms with van der Waals surface area (Å²) in [4.78, 5) is 38.1. The number of nitrogens with one attached hydrogen (secondary N) is 2. The number of hydrogen-bond acceptors (Lipinski definition) is 9. The van der Waals surface area contributed by atoms with Crippen LogP contribution in [-0.4, -0.2) is 101 Å². The summed E-state index contributed by atoms with van der Waals surface area (Å²) in [6, 6.07) is 4.87. The predicted molar refractivity (Wildman–Crippen MR) is 131 cm³/mol. The Hall–Kier alpha value is -2.57. The van der Waals surface area contributed by atoms with Gasteiger partial charge in [0.05, 0.1) is 59.5 Å². The van der Waals surface area contributed by atoms with Crippen LogP contribution < -0.4 is 10.6 Å². The Bertz CT molecular complexity index is 866. The largest absolute Gasteiger partial charge is 0.382 e. The maximum atomic E-state index is 12.9. The molecular formula is C25H37N3O8. The highest BCUT2D eigenvalue weighted by molar-refractivity contribution is 6.06. The van der Waals surface area contributed by atoms with Gasteiger partial charge in [0, 0.05) is 42.9 Å². The molecule has 200 valence electrons. The molecule has 0 radical (unpaired) electrons. The van der Waals surface area contributed by atoms with Crippen LogP contribution in [0.15, 0.2) is 18.2 Å². The first-order chi connectivity index (χ1) is 17.6. The highest BCUT2D eigenvalue weighted by Gasteiger charge is 2.39. The number of piperidine rings is 1. The molecule has 2 aliphatic rings. The van der Waals surface area contributed by atoms with Gasteiger partial charge < -0.3 is 33.9 Å². The van der Waals surface area contributed by atoms with Crippen LogP contribution in [-0.2, 0) is 39.8 Å². The van der Waals surface area contributed by atoms with Crippen LogP contribution in [0.3, 0.4) is 0 Å². The average molecular weight is 508 g/mol. The number of benzene rings is 1. The zero-order valence-corrected chi connectivity index (χ0v) is 20.9. The molecule has 11 nitrogen and oxygen atoms in total. The Balaban J connectivity index is 1.24. The summed E-state index contributed by atoms with van der Waals surface area (Å²) in [7, 11) is 0. The fourth-order valence-electron chi connectivity index (χ4n) is 4.03. The maximum absolute atomic E-state index is 12.9. The average Bonchev–Trinajstić information content (AvgIpc) is 3.20. The van der Waals surface area contributed by atoms with Crippen molar-refractivity contribution in [2.24, 2.45) is 0 Å².